The van der Waals surface area contributed by atoms with E-state index >= 15 is 0 Å². The second-order valence-electron chi connectivity index (χ2n) is 7.14. The summed E-state index contributed by atoms with van der Waals surface area (Å²) >= 11 is 0. The molecule has 8 heteroatoms. The van der Waals surface area contributed by atoms with Gasteiger partial charge in [0.2, 0.25) is 0 Å². The van der Waals surface area contributed by atoms with Gasteiger partial charge >= 0.3 is 0 Å². The molecule has 0 bridgehead atoms. The van der Waals surface area contributed by atoms with E-state index in [4.69, 9.17) is 8.94 Å². The van der Waals surface area contributed by atoms with Crippen LogP contribution in [0.5, 0.6) is 0 Å². The van der Waals surface area contributed by atoms with Crippen LogP contribution in [0.1, 0.15) is 58.2 Å². The highest BCUT2D eigenvalue weighted by Crippen LogP contribution is 2.32. The molecule has 7 nitrogen and oxygen atoms in total. The second-order valence-corrected chi connectivity index (χ2v) is 9.68. The minimum Gasteiger partial charge on any atom is -0.448 e. The van der Waals surface area contributed by atoms with Crippen LogP contribution in [0.4, 0.5) is 0 Å². The molecule has 0 aromatic carbocycles. The van der Waals surface area contributed by atoms with Crippen LogP contribution < -0.4 is 0 Å². The number of rotatable bonds is 2. The molecule has 0 saturated carbocycles. The van der Waals surface area contributed by atoms with Crippen LogP contribution in [0.25, 0.3) is 11.6 Å². The number of sulfone groups is 1. The molecule has 3 rings (SSSR count). The van der Waals surface area contributed by atoms with E-state index in [1.54, 1.807) is 6.92 Å². The molecule has 3 heterocycles. The summed E-state index contributed by atoms with van der Waals surface area (Å²) in [6.07, 6.45) is 2.55. The molecule has 23 heavy (non-hydrogen) atoms. The fourth-order valence-electron chi connectivity index (χ4n) is 2.63. The van der Waals surface area contributed by atoms with Gasteiger partial charge in [-0.05, 0) is 19.8 Å². The molecule has 0 amide bonds. The Kier molecular flexibility index (Phi) is 3.82. The maximum Gasteiger partial charge on any atom is 0.279 e. The maximum absolute atomic E-state index is 11.8. The lowest BCUT2D eigenvalue weighted by molar-refractivity contribution is 0.392. The van der Waals surface area contributed by atoms with Crippen molar-refractivity contribution in [2.75, 3.05) is 5.75 Å². The average molecular weight is 339 g/mol. The van der Waals surface area contributed by atoms with Gasteiger partial charge in [0.25, 0.3) is 5.89 Å². The van der Waals surface area contributed by atoms with Gasteiger partial charge in [0.1, 0.15) is 6.26 Å². The standard InChI is InChI=1S/C15H21N3O4S/c1-9-7-10(5-6-23(9,19)20)12-17-13(22-18-12)11-8-21-14(16-11)15(2,3)4/h8-10H,5-7H2,1-4H3/t9-,10+/m1/s1. The summed E-state index contributed by atoms with van der Waals surface area (Å²) in [5.41, 5.74) is 0.305. The van der Waals surface area contributed by atoms with E-state index in [-0.39, 0.29) is 22.3 Å². The molecule has 2 atom stereocenters. The van der Waals surface area contributed by atoms with Gasteiger partial charge in [0.05, 0.1) is 11.0 Å². The van der Waals surface area contributed by atoms with Crippen LogP contribution in [0.2, 0.25) is 0 Å². The predicted molar refractivity (Wildman–Crippen MR) is 83.7 cm³/mol. The van der Waals surface area contributed by atoms with Crippen molar-refractivity contribution in [3.63, 3.8) is 0 Å². The summed E-state index contributed by atoms with van der Waals surface area (Å²) in [7, 11) is -2.97. The topological polar surface area (TPSA) is 99.1 Å². The van der Waals surface area contributed by atoms with E-state index in [9.17, 15) is 8.42 Å². The molecule has 0 aliphatic carbocycles. The summed E-state index contributed by atoms with van der Waals surface area (Å²) < 4.78 is 34.3. The SMILES string of the molecule is C[C@@H]1C[C@@H](c2noc(-c3coc(C(C)(C)C)n3)n2)CCS1(=O)=O. The summed E-state index contributed by atoms with van der Waals surface area (Å²) in [6.45, 7) is 7.75. The second kappa shape index (κ2) is 5.43. The third-order valence-electron chi connectivity index (χ3n) is 4.15. The Hall–Kier alpha value is -1.70. The van der Waals surface area contributed by atoms with Crippen molar-refractivity contribution in [3.05, 3.63) is 18.0 Å². The van der Waals surface area contributed by atoms with Crippen molar-refractivity contribution in [2.45, 2.75) is 57.1 Å². The Balaban J connectivity index is 1.80. The average Bonchev–Trinajstić information content (AvgIpc) is 3.08. The number of aromatic nitrogens is 3. The lowest BCUT2D eigenvalue weighted by atomic mass is 9.97. The summed E-state index contributed by atoms with van der Waals surface area (Å²) in [5.74, 6) is 1.62. The molecular weight excluding hydrogens is 318 g/mol. The smallest absolute Gasteiger partial charge is 0.279 e. The molecule has 0 radical (unpaired) electrons. The first-order valence-electron chi connectivity index (χ1n) is 7.68. The zero-order chi connectivity index (χ0) is 16.8. The first kappa shape index (κ1) is 16.2. The van der Waals surface area contributed by atoms with Gasteiger partial charge in [-0.2, -0.15) is 4.98 Å². The first-order valence-corrected chi connectivity index (χ1v) is 9.40. The number of nitrogens with zero attached hydrogens (tertiary/aromatic N) is 3. The number of hydrogen-bond donors (Lipinski definition) is 0. The van der Waals surface area contributed by atoms with Gasteiger partial charge in [-0.25, -0.2) is 13.4 Å². The first-order chi connectivity index (χ1) is 10.7. The molecule has 1 aliphatic rings. The van der Waals surface area contributed by atoms with E-state index < -0.39 is 9.84 Å². The highest BCUT2D eigenvalue weighted by atomic mass is 32.2. The molecule has 126 valence electrons. The lowest BCUT2D eigenvalue weighted by Gasteiger charge is -2.24. The summed E-state index contributed by atoms with van der Waals surface area (Å²) in [5, 5.41) is 3.63. The third kappa shape index (κ3) is 3.17. The molecule has 2 aromatic heterocycles. The Bertz CT molecular complexity index is 801. The van der Waals surface area contributed by atoms with Crippen molar-refractivity contribution in [1.29, 1.82) is 0 Å². The highest BCUT2D eigenvalue weighted by molar-refractivity contribution is 7.92. The molecule has 2 aromatic rings. The lowest BCUT2D eigenvalue weighted by Crippen LogP contribution is -2.30. The Morgan fingerprint density at radius 2 is 2.00 bits per heavy atom. The zero-order valence-electron chi connectivity index (χ0n) is 13.7. The molecule has 0 N–H and O–H groups in total. The Labute approximate surface area is 135 Å². The predicted octanol–water partition coefficient (Wildman–Crippen LogP) is 2.70. The summed E-state index contributed by atoms with van der Waals surface area (Å²) in [6, 6.07) is 0. The van der Waals surface area contributed by atoms with Gasteiger partial charge in [0.15, 0.2) is 27.2 Å². The van der Waals surface area contributed by atoms with Crippen molar-refractivity contribution in [3.8, 4) is 11.6 Å². The molecule has 1 aliphatic heterocycles. The summed E-state index contributed by atoms with van der Waals surface area (Å²) in [4.78, 5) is 8.78. The Morgan fingerprint density at radius 3 is 2.61 bits per heavy atom. The monoisotopic (exact) mass is 339 g/mol. The fourth-order valence-corrected chi connectivity index (χ4v) is 4.17. The van der Waals surface area contributed by atoms with Crippen molar-refractivity contribution in [1.82, 2.24) is 15.1 Å². The zero-order valence-corrected chi connectivity index (χ0v) is 14.6. The van der Waals surface area contributed by atoms with Gasteiger partial charge in [-0.15, -0.1) is 0 Å². The fraction of sp³-hybridized carbons (Fsp3) is 0.667. The van der Waals surface area contributed by atoms with Gasteiger partial charge in [0, 0.05) is 11.3 Å². The van der Waals surface area contributed by atoms with E-state index in [2.05, 4.69) is 15.1 Å². The largest absolute Gasteiger partial charge is 0.448 e. The van der Waals surface area contributed by atoms with Crippen LogP contribution in [0.15, 0.2) is 15.2 Å². The van der Waals surface area contributed by atoms with E-state index in [0.29, 0.717) is 36.1 Å². The van der Waals surface area contributed by atoms with E-state index in [1.807, 2.05) is 20.8 Å². The van der Waals surface area contributed by atoms with Gasteiger partial charge in [-0.1, -0.05) is 25.9 Å². The molecule has 0 unspecified atom stereocenters. The Morgan fingerprint density at radius 1 is 1.26 bits per heavy atom. The van der Waals surface area contributed by atoms with Crippen LogP contribution in [0.3, 0.4) is 0 Å². The quantitative estimate of drug-likeness (QED) is 0.829. The van der Waals surface area contributed by atoms with Crippen molar-refractivity contribution < 1.29 is 17.4 Å². The normalized spacial score (nSPS) is 24.7. The molecule has 0 spiro atoms. The van der Waals surface area contributed by atoms with E-state index in [1.165, 1.54) is 6.26 Å². The number of hydrogen-bond acceptors (Lipinski definition) is 7. The maximum atomic E-state index is 11.8. The minimum atomic E-state index is -2.97. The highest BCUT2D eigenvalue weighted by Gasteiger charge is 2.34. The molecule has 1 fully saturated rings. The molecular formula is C15H21N3O4S. The third-order valence-corrected chi connectivity index (χ3v) is 6.38. The van der Waals surface area contributed by atoms with Gasteiger partial charge in [-0.3, -0.25) is 0 Å². The van der Waals surface area contributed by atoms with Crippen LogP contribution >= 0.6 is 0 Å². The van der Waals surface area contributed by atoms with Crippen molar-refractivity contribution >= 4 is 9.84 Å². The minimum absolute atomic E-state index is 0.0000116. The van der Waals surface area contributed by atoms with E-state index in [0.717, 1.165) is 0 Å². The molecule has 1 saturated heterocycles. The van der Waals surface area contributed by atoms with Crippen LogP contribution in [0, 0.1) is 0 Å². The van der Waals surface area contributed by atoms with Gasteiger partial charge < -0.3 is 8.94 Å². The van der Waals surface area contributed by atoms with Crippen molar-refractivity contribution in [2.24, 2.45) is 0 Å². The van der Waals surface area contributed by atoms with Crippen LogP contribution in [-0.4, -0.2) is 34.5 Å². The number of oxazole rings is 1. The van der Waals surface area contributed by atoms with Crippen LogP contribution in [-0.2, 0) is 15.3 Å².